The number of halogens is 2. The van der Waals surface area contributed by atoms with E-state index in [0.717, 1.165) is 30.1 Å². The van der Waals surface area contributed by atoms with Crippen molar-refractivity contribution in [2.24, 2.45) is 0 Å². The molecule has 0 unspecified atom stereocenters. The molecule has 1 fully saturated rings. The van der Waals surface area contributed by atoms with Crippen LogP contribution < -0.4 is 15.0 Å². The molecule has 3 rings (SSSR count). The van der Waals surface area contributed by atoms with Crippen LogP contribution in [0.1, 0.15) is 18.5 Å². The standard InChI is InChI=1S/C20H23Cl2N3O2/c1-14(16-8-7-15(21)13-17(16)22)23-20(26)25-11-9-24(10-12-25)18-5-3-4-6-19(18)27-2/h3-8,13-14H,9-12H2,1-2H3,(H,23,26)/t14-/m0/s1. The minimum absolute atomic E-state index is 0.0896. The van der Waals surface area contributed by atoms with Gasteiger partial charge in [0.15, 0.2) is 0 Å². The summed E-state index contributed by atoms with van der Waals surface area (Å²) in [5.74, 6) is 0.849. The lowest BCUT2D eigenvalue weighted by Gasteiger charge is -2.37. The van der Waals surface area contributed by atoms with Crippen LogP contribution in [-0.4, -0.2) is 44.2 Å². The van der Waals surface area contributed by atoms with E-state index in [1.807, 2.05) is 42.2 Å². The number of nitrogens with zero attached hydrogens (tertiary/aromatic N) is 2. The van der Waals surface area contributed by atoms with Crippen molar-refractivity contribution in [2.75, 3.05) is 38.2 Å². The molecule has 1 N–H and O–H groups in total. The molecule has 0 aliphatic carbocycles. The van der Waals surface area contributed by atoms with Gasteiger partial charge in [-0.1, -0.05) is 41.4 Å². The Morgan fingerprint density at radius 1 is 1.11 bits per heavy atom. The zero-order valence-electron chi connectivity index (χ0n) is 15.4. The highest BCUT2D eigenvalue weighted by Gasteiger charge is 2.24. The van der Waals surface area contributed by atoms with Crippen LogP contribution in [0.2, 0.25) is 10.0 Å². The normalized spacial score (nSPS) is 15.4. The van der Waals surface area contributed by atoms with Crippen molar-refractivity contribution >= 4 is 34.9 Å². The molecule has 144 valence electrons. The number of hydrogen-bond acceptors (Lipinski definition) is 3. The van der Waals surface area contributed by atoms with Crippen LogP contribution in [-0.2, 0) is 0 Å². The Balaban J connectivity index is 1.58. The van der Waals surface area contributed by atoms with Crippen LogP contribution >= 0.6 is 23.2 Å². The summed E-state index contributed by atoms with van der Waals surface area (Å²) in [6, 6.07) is 13.0. The van der Waals surface area contributed by atoms with Crippen LogP contribution in [0.25, 0.3) is 0 Å². The molecule has 1 aliphatic rings. The summed E-state index contributed by atoms with van der Waals surface area (Å²) < 4.78 is 5.44. The lowest BCUT2D eigenvalue weighted by molar-refractivity contribution is 0.191. The van der Waals surface area contributed by atoms with Gasteiger partial charge in [-0.25, -0.2) is 4.79 Å². The predicted octanol–water partition coefficient (Wildman–Crippen LogP) is 4.59. The molecule has 0 bridgehead atoms. The number of carbonyl (C=O) groups is 1. The van der Waals surface area contributed by atoms with Crippen LogP contribution in [0.4, 0.5) is 10.5 Å². The number of para-hydroxylation sites is 2. The summed E-state index contributed by atoms with van der Waals surface area (Å²) in [5.41, 5.74) is 1.91. The van der Waals surface area contributed by atoms with E-state index < -0.39 is 0 Å². The van der Waals surface area contributed by atoms with E-state index in [1.54, 1.807) is 19.2 Å². The molecule has 7 heteroatoms. The predicted molar refractivity (Wildman–Crippen MR) is 110 cm³/mol. The van der Waals surface area contributed by atoms with Gasteiger partial charge in [-0.3, -0.25) is 0 Å². The Morgan fingerprint density at radius 2 is 1.81 bits per heavy atom. The molecule has 1 saturated heterocycles. The van der Waals surface area contributed by atoms with Crippen molar-refractivity contribution in [3.05, 3.63) is 58.1 Å². The van der Waals surface area contributed by atoms with Crippen molar-refractivity contribution in [3.8, 4) is 5.75 Å². The van der Waals surface area contributed by atoms with Gasteiger partial charge >= 0.3 is 6.03 Å². The van der Waals surface area contributed by atoms with Gasteiger partial charge in [0.1, 0.15) is 5.75 Å². The first-order valence-corrected chi connectivity index (χ1v) is 9.63. The molecular formula is C20H23Cl2N3O2. The first-order chi connectivity index (χ1) is 13.0. The zero-order valence-corrected chi connectivity index (χ0v) is 16.9. The summed E-state index contributed by atoms with van der Waals surface area (Å²) in [6.45, 7) is 4.71. The van der Waals surface area contributed by atoms with Crippen LogP contribution in [0.3, 0.4) is 0 Å². The molecule has 0 aromatic heterocycles. The van der Waals surface area contributed by atoms with E-state index in [1.165, 1.54) is 0 Å². The van der Waals surface area contributed by atoms with E-state index in [2.05, 4.69) is 10.2 Å². The third-order valence-corrected chi connectivity index (χ3v) is 5.32. The third kappa shape index (κ3) is 4.60. The quantitative estimate of drug-likeness (QED) is 0.805. The molecule has 2 amide bonds. The molecule has 1 heterocycles. The average molecular weight is 408 g/mol. The fourth-order valence-electron chi connectivity index (χ4n) is 3.25. The van der Waals surface area contributed by atoms with Crippen molar-refractivity contribution < 1.29 is 9.53 Å². The molecule has 27 heavy (non-hydrogen) atoms. The first kappa shape index (κ1) is 19.6. The van der Waals surface area contributed by atoms with E-state index >= 15 is 0 Å². The van der Waals surface area contributed by atoms with Crippen LogP contribution in [0, 0.1) is 0 Å². The highest BCUT2D eigenvalue weighted by molar-refractivity contribution is 6.35. The Hall–Kier alpha value is -2.11. The monoisotopic (exact) mass is 407 g/mol. The summed E-state index contributed by atoms with van der Waals surface area (Å²) in [7, 11) is 1.67. The lowest BCUT2D eigenvalue weighted by atomic mass is 10.1. The number of methoxy groups -OCH3 is 1. The van der Waals surface area contributed by atoms with Crippen LogP contribution in [0.15, 0.2) is 42.5 Å². The Labute approximate surface area is 169 Å². The maximum Gasteiger partial charge on any atom is 0.317 e. The van der Waals surface area contributed by atoms with Crippen LogP contribution in [0.5, 0.6) is 5.75 Å². The number of nitrogens with one attached hydrogen (secondary N) is 1. The molecule has 2 aromatic carbocycles. The highest BCUT2D eigenvalue weighted by atomic mass is 35.5. The summed E-state index contributed by atoms with van der Waals surface area (Å²) in [4.78, 5) is 16.7. The maximum absolute atomic E-state index is 12.6. The number of hydrogen-bond donors (Lipinski definition) is 1. The van der Waals surface area contributed by atoms with Gasteiger partial charge < -0.3 is 19.9 Å². The summed E-state index contributed by atoms with van der Waals surface area (Å²) in [6.07, 6.45) is 0. The number of ether oxygens (including phenoxy) is 1. The number of benzene rings is 2. The zero-order chi connectivity index (χ0) is 19.4. The molecule has 0 spiro atoms. The Morgan fingerprint density at radius 3 is 2.48 bits per heavy atom. The summed E-state index contributed by atoms with van der Waals surface area (Å²) >= 11 is 12.2. The second-order valence-corrected chi connectivity index (χ2v) is 7.33. The van der Waals surface area contributed by atoms with Gasteiger partial charge in [0.2, 0.25) is 0 Å². The van der Waals surface area contributed by atoms with Gasteiger partial charge in [-0.05, 0) is 36.8 Å². The number of amides is 2. The SMILES string of the molecule is COc1ccccc1N1CCN(C(=O)N[C@@H](C)c2ccc(Cl)cc2Cl)CC1. The number of rotatable bonds is 4. The van der Waals surface area contributed by atoms with Gasteiger partial charge in [-0.2, -0.15) is 0 Å². The van der Waals surface area contributed by atoms with Crippen molar-refractivity contribution in [1.82, 2.24) is 10.2 Å². The first-order valence-electron chi connectivity index (χ1n) is 8.88. The van der Waals surface area contributed by atoms with Crippen molar-refractivity contribution in [2.45, 2.75) is 13.0 Å². The highest BCUT2D eigenvalue weighted by Crippen LogP contribution is 2.29. The fourth-order valence-corrected chi connectivity index (χ4v) is 3.82. The van der Waals surface area contributed by atoms with Gasteiger partial charge in [0.05, 0.1) is 18.8 Å². The summed E-state index contributed by atoms with van der Waals surface area (Å²) in [5, 5.41) is 4.15. The number of anilines is 1. The van der Waals surface area contributed by atoms with E-state index in [-0.39, 0.29) is 12.1 Å². The Kier molecular flexibility index (Phi) is 6.34. The minimum atomic E-state index is -0.200. The third-order valence-electron chi connectivity index (χ3n) is 4.76. The van der Waals surface area contributed by atoms with Gasteiger partial charge in [-0.15, -0.1) is 0 Å². The van der Waals surface area contributed by atoms with E-state index in [9.17, 15) is 4.79 Å². The fraction of sp³-hybridized carbons (Fsp3) is 0.350. The second kappa shape index (κ2) is 8.72. The number of carbonyl (C=O) groups excluding carboxylic acids is 1. The molecule has 5 nitrogen and oxygen atoms in total. The minimum Gasteiger partial charge on any atom is -0.495 e. The molecular weight excluding hydrogens is 385 g/mol. The molecule has 1 aliphatic heterocycles. The molecule has 0 radical (unpaired) electrons. The van der Waals surface area contributed by atoms with E-state index in [0.29, 0.717) is 23.1 Å². The molecule has 2 aromatic rings. The second-order valence-electron chi connectivity index (χ2n) is 6.48. The van der Waals surface area contributed by atoms with Crippen molar-refractivity contribution in [3.63, 3.8) is 0 Å². The number of piperazine rings is 1. The Bertz CT molecular complexity index is 808. The van der Waals surface area contributed by atoms with Gasteiger partial charge in [0, 0.05) is 36.2 Å². The molecule has 1 atom stereocenters. The smallest absolute Gasteiger partial charge is 0.317 e. The number of urea groups is 1. The largest absolute Gasteiger partial charge is 0.495 e. The maximum atomic E-state index is 12.6. The van der Waals surface area contributed by atoms with Crippen molar-refractivity contribution in [1.29, 1.82) is 0 Å². The van der Waals surface area contributed by atoms with E-state index in [4.69, 9.17) is 27.9 Å². The van der Waals surface area contributed by atoms with Gasteiger partial charge in [0.25, 0.3) is 0 Å². The lowest BCUT2D eigenvalue weighted by Crippen LogP contribution is -2.52. The average Bonchev–Trinajstić information content (AvgIpc) is 2.68. The topological polar surface area (TPSA) is 44.8 Å². The molecule has 0 saturated carbocycles.